The zero-order valence-corrected chi connectivity index (χ0v) is 12.8. The number of carbonyl (C=O) groups excluding carboxylic acids is 1. The molecule has 0 spiro atoms. The molecule has 7 nitrogen and oxygen atoms in total. The molecule has 1 fully saturated rings. The topological polar surface area (TPSA) is 81.9 Å². The van der Waals surface area contributed by atoms with E-state index in [1.165, 1.54) is 19.2 Å². The first kappa shape index (κ1) is 16.2. The van der Waals surface area contributed by atoms with Gasteiger partial charge in [-0.3, -0.25) is 14.9 Å². The van der Waals surface area contributed by atoms with Crippen LogP contribution in [0.15, 0.2) is 18.2 Å². The first-order valence-electron chi connectivity index (χ1n) is 7.15. The highest BCUT2D eigenvalue weighted by Gasteiger charge is 2.28. The molecule has 1 aliphatic rings. The highest BCUT2D eigenvalue weighted by Crippen LogP contribution is 2.30. The summed E-state index contributed by atoms with van der Waals surface area (Å²) in [4.78, 5) is 24.3. The Kier molecular flexibility index (Phi) is 5.32. The van der Waals surface area contributed by atoms with Crippen molar-refractivity contribution in [2.24, 2.45) is 5.92 Å². The summed E-state index contributed by atoms with van der Waals surface area (Å²) in [6, 6.07) is 4.74. The molecule has 7 heteroatoms. The maximum Gasteiger partial charge on any atom is 0.310 e. The van der Waals surface area contributed by atoms with E-state index in [4.69, 9.17) is 9.47 Å². The Morgan fingerprint density at radius 2 is 2.23 bits per heavy atom. The Morgan fingerprint density at radius 3 is 2.86 bits per heavy atom. The number of nitro benzene ring substituents is 1. The summed E-state index contributed by atoms with van der Waals surface area (Å²) in [5.74, 6) is -0.371. The maximum atomic E-state index is 11.7. The second kappa shape index (κ2) is 7.22. The largest absolute Gasteiger partial charge is 0.469 e. The predicted octanol–water partition coefficient (Wildman–Crippen LogP) is 2.13. The van der Waals surface area contributed by atoms with E-state index in [2.05, 4.69) is 4.90 Å². The molecule has 1 aromatic rings. The van der Waals surface area contributed by atoms with Crippen molar-refractivity contribution in [3.63, 3.8) is 0 Å². The fourth-order valence-electron chi connectivity index (χ4n) is 2.82. The second-order valence-electron chi connectivity index (χ2n) is 5.31. The smallest absolute Gasteiger partial charge is 0.310 e. The number of hydrogen-bond donors (Lipinski definition) is 0. The SMILES string of the molecule is COCc1cc([N+](=O)[O-])ccc1N1CCC[C@@H](C(=O)OC)C1. The van der Waals surface area contributed by atoms with Crippen molar-refractivity contribution < 1.29 is 19.2 Å². The fraction of sp³-hybridized carbons (Fsp3) is 0.533. The predicted molar refractivity (Wildman–Crippen MR) is 80.8 cm³/mol. The maximum absolute atomic E-state index is 11.7. The number of methoxy groups -OCH3 is 2. The molecule has 0 aliphatic carbocycles. The summed E-state index contributed by atoms with van der Waals surface area (Å²) in [5, 5.41) is 10.9. The van der Waals surface area contributed by atoms with Crippen molar-refractivity contribution in [1.29, 1.82) is 0 Å². The van der Waals surface area contributed by atoms with E-state index in [-0.39, 0.29) is 24.2 Å². The average molecular weight is 308 g/mol. The Hall–Kier alpha value is -2.15. The molecule has 0 saturated carbocycles. The van der Waals surface area contributed by atoms with Crippen LogP contribution in [0.2, 0.25) is 0 Å². The van der Waals surface area contributed by atoms with Gasteiger partial charge in [-0.05, 0) is 18.9 Å². The Morgan fingerprint density at radius 1 is 1.45 bits per heavy atom. The number of ether oxygens (including phenoxy) is 2. The second-order valence-corrected chi connectivity index (χ2v) is 5.31. The standard InChI is InChI=1S/C15H20N2O5/c1-21-10-12-8-13(17(19)20)5-6-14(12)16-7-3-4-11(9-16)15(18)22-2/h5-6,8,11H,3-4,7,9-10H2,1-2H3/t11-/m1/s1. The van der Waals surface area contributed by atoms with E-state index in [1.807, 2.05) is 0 Å². The molecular formula is C15H20N2O5. The van der Waals surface area contributed by atoms with E-state index >= 15 is 0 Å². The highest BCUT2D eigenvalue weighted by atomic mass is 16.6. The van der Waals surface area contributed by atoms with E-state index in [9.17, 15) is 14.9 Å². The van der Waals surface area contributed by atoms with Gasteiger partial charge in [0.25, 0.3) is 5.69 Å². The molecule has 1 aromatic carbocycles. The number of esters is 1. The molecule has 120 valence electrons. The van der Waals surface area contributed by atoms with Gasteiger partial charge in [-0.15, -0.1) is 0 Å². The van der Waals surface area contributed by atoms with Gasteiger partial charge >= 0.3 is 5.97 Å². The molecule has 0 N–H and O–H groups in total. The van der Waals surface area contributed by atoms with Gasteiger partial charge < -0.3 is 14.4 Å². The lowest BCUT2D eigenvalue weighted by molar-refractivity contribution is -0.384. The van der Waals surface area contributed by atoms with E-state index in [0.717, 1.165) is 30.6 Å². The van der Waals surface area contributed by atoms with E-state index in [0.29, 0.717) is 6.54 Å². The molecule has 1 heterocycles. The van der Waals surface area contributed by atoms with Gasteiger partial charge in [0, 0.05) is 43.6 Å². The molecule has 22 heavy (non-hydrogen) atoms. The van der Waals surface area contributed by atoms with Crippen LogP contribution in [0.4, 0.5) is 11.4 Å². The van der Waals surface area contributed by atoms with Crippen LogP contribution in [0.25, 0.3) is 0 Å². The number of piperidine rings is 1. The summed E-state index contributed by atoms with van der Waals surface area (Å²) < 4.78 is 9.97. The first-order valence-corrected chi connectivity index (χ1v) is 7.15. The van der Waals surface area contributed by atoms with Crippen molar-refractivity contribution in [3.8, 4) is 0 Å². The van der Waals surface area contributed by atoms with Crippen LogP contribution in [0.5, 0.6) is 0 Å². The number of nitro groups is 1. The molecule has 2 rings (SSSR count). The molecule has 1 atom stereocenters. The van der Waals surface area contributed by atoms with Crippen LogP contribution >= 0.6 is 0 Å². The van der Waals surface area contributed by atoms with Crippen molar-refractivity contribution in [2.45, 2.75) is 19.4 Å². The Labute approximate surface area is 129 Å². The average Bonchev–Trinajstić information content (AvgIpc) is 2.54. The third-order valence-corrected chi connectivity index (χ3v) is 3.87. The number of hydrogen-bond acceptors (Lipinski definition) is 6. The molecule has 0 radical (unpaired) electrons. The summed E-state index contributed by atoms with van der Waals surface area (Å²) in [6.45, 7) is 1.65. The van der Waals surface area contributed by atoms with Crippen molar-refractivity contribution in [3.05, 3.63) is 33.9 Å². The quantitative estimate of drug-likeness (QED) is 0.471. The van der Waals surface area contributed by atoms with Crippen LogP contribution < -0.4 is 4.90 Å². The Balaban J connectivity index is 2.26. The molecular weight excluding hydrogens is 288 g/mol. The minimum atomic E-state index is -0.420. The van der Waals surface area contributed by atoms with Crippen molar-refractivity contribution in [1.82, 2.24) is 0 Å². The van der Waals surface area contributed by atoms with Gasteiger partial charge in [0.2, 0.25) is 0 Å². The van der Waals surface area contributed by atoms with Crippen LogP contribution in [0.3, 0.4) is 0 Å². The lowest BCUT2D eigenvalue weighted by Gasteiger charge is -2.34. The minimum Gasteiger partial charge on any atom is -0.469 e. The van der Waals surface area contributed by atoms with Crippen LogP contribution in [0.1, 0.15) is 18.4 Å². The number of non-ortho nitro benzene ring substituents is 1. The number of rotatable bonds is 5. The zero-order chi connectivity index (χ0) is 16.1. The number of carbonyl (C=O) groups is 1. The molecule has 1 aliphatic heterocycles. The van der Waals surface area contributed by atoms with Gasteiger partial charge in [0.15, 0.2) is 0 Å². The lowest BCUT2D eigenvalue weighted by atomic mass is 9.97. The summed E-state index contributed by atoms with van der Waals surface area (Å²) in [6.07, 6.45) is 1.68. The number of benzene rings is 1. The van der Waals surface area contributed by atoms with E-state index in [1.54, 1.807) is 13.2 Å². The summed E-state index contributed by atoms with van der Waals surface area (Å²) in [7, 11) is 2.94. The first-order chi connectivity index (χ1) is 10.6. The van der Waals surface area contributed by atoms with Crippen molar-refractivity contribution >= 4 is 17.3 Å². The third-order valence-electron chi connectivity index (χ3n) is 3.87. The lowest BCUT2D eigenvalue weighted by Crippen LogP contribution is -2.39. The van der Waals surface area contributed by atoms with Crippen LogP contribution in [0, 0.1) is 16.0 Å². The van der Waals surface area contributed by atoms with Gasteiger partial charge in [0.1, 0.15) is 0 Å². The summed E-state index contributed by atoms with van der Waals surface area (Å²) >= 11 is 0. The van der Waals surface area contributed by atoms with Gasteiger partial charge in [-0.1, -0.05) is 0 Å². The van der Waals surface area contributed by atoms with Gasteiger partial charge in [-0.25, -0.2) is 0 Å². The molecule has 0 aromatic heterocycles. The molecule has 0 unspecified atom stereocenters. The minimum absolute atomic E-state index is 0.0392. The highest BCUT2D eigenvalue weighted by molar-refractivity contribution is 5.73. The third kappa shape index (κ3) is 3.54. The summed E-state index contributed by atoms with van der Waals surface area (Å²) in [5.41, 5.74) is 1.67. The normalized spacial score (nSPS) is 18.1. The number of anilines is 1. The Bertz CT molecular complexity index is 561. The van der Waals surface area contributed by atoms with Gasteiger partial charge in [0.05, 0.1) is 24.6 Å². The zero-order valence-electron chi connectivity index (χ0n) is 12.8. The van der Waals surface area contributed by atoms with Crippen molar-refractivity contribution in [2.75, 3.05) is 32.2 Å². The molecule has 0 bridgehead atoms. The van der Waals surface area contributed by atoms with Crippen LogP contribution in [-0.4, -0.2) is 38.2 Å². The molecule has 1 saturated heterocycles. The van der Waals surface area contributed by atoms with E-state index < -0.39 is 4.92 Å². The molecule has 0 amide bonds. The van der Waals surface area contributed by atoms with Gasteiger partial charge in [-0.2, -0.15) is 0 Å². The van der Waals surface area contributed by atoms with Crippen LogP contribution in [-0.2, 0) is 20.9 Å². The number of nitrogens with zero attached hydrogens (tertiary/aromatic N) is 2. The monoisotopic (exact) mass is 308 g/mol. The fourth-order valence-corrected chi connectivity index (χ4v) is 2.82.